The second kappa shape index (κ2) is 5.00. The minimum Gasteiger partial charge on any atom is -0.348 e. The normalized spacial score (nSPS) is 27.2. The molecule has 2 aliphatic rings. The van der Waals surface area contributed by atoms with Gasteiger partial charge in [0.25, 0.3) is 5.91 Å². The minimum atomic E-state index is -0.00355. The van der Waals surface area contributed by atoms with E-state index in [0.29, 0.717) is 22.7 Å². The summed E-state index contributed by atoms with van der Waals surface area (Å²) in [5.74, 6) is -0.00355. The summed E-state index contributed by atoms with van der Waals surface area (Å²) in [6, 6.07) is 12.8. The molecule has 2 saturated heterocycles. The zero-order valence-corrected chi connectivity index (χ0v) is 12.4. The van der Waals surface area contributed by atoms with E-state index in [2.05, 4.69) is 10.6 Å². The van der Waals surface area contributed by atoms with Crippen molar-refractivity contribution in [2.45, 2.75) is 37.4 Å². The third-order valence-electron chi connectivity index (χ3n) is 4.71. The molecule has 2 fully saturated rings. The smallest absolute Gasteiger partial charge is 0.251 e. The Morgan fingerprint density at radius 1 is 1.24 bits per heavy atom. The number of rotatable bonds is 2. The van der Waals surface area contributed by atoms with Crippen LogP contribution in [0.2, 0.25) is 5.02 Å². The molecule has 2 aromatic rings. The van der Waals surface area contributed by atoms with Gasteiger partial charge in [0.05, 0.1) is 0 Å². The predicted octanol–water partition coefficient (Wildman–Crippen LogP) is 3.12. The molecule has 0 saturated carbocycles. The van der Waals surface area contributed by atoms with Crippen LogP contribution in [-0.4, -0.2) is 24.0 Å². The van der Waals surface area contributed by atoms with Gasteiger partial charge in [-0.2, -0.15) is 0 Å². The standard InChI is InChI=1S/C17H17ClN2O/c18-14-3-1-2-10-4-5-11(8-13(10)14)17(21)20-16-9-12-6-7-15(16)19-12/h1-5,8,12,15-16,19H,6-7,9H2,(H,20,21). The Morgan fingerprint density at radius 3 is 2.90 bits per heavy atom. The maximum atomic E-state index is 12.4. The van der Waals surface area contributed by atoms with E-state index in [1.807, 2.05) is 36.4 Å². The molecule has 3 atom stereocenters. The van der Waals surface area contributed by atoms with Gasteiger partial charge in [0.1, 0.15) is 0 Å². The summed E-state index contributed by atoms with van der Waals surface area (Å²) in [6.07, 6.45) is 3.45. The van der Waals surface area contributed by atoms with Gasteiger partial charge in [0, 0.05) is 34.1 Å². The van der Waals surface area contributed by atoms with Crippen molar-refractivity contribution in [3.05, 3.63) is 47.0 Å². The van der Waals surface area contributed by atoms with Gasteiger partial charge in [0.15, 0.2) is 0 Å². The Morgan fingerprint density at radius 2 is 2.14 bits per heavy atom. The van der Waals surface area contributed by atoms with Crippen LogP contribution < -0.4 is 10.6 Å². The van der Waals surface area contributed by atoms with Crippen molar-refractivity contribution < 1.29 is 4.79 Å². The maximum Gasteiger partial charge on any atom is 0.251 e. The molecule has 3 nitrogen and oxygen atoms in total. The van der Waals surface area contributed by atoms with E-state index < -0.39 is 0 Å². The summed E-state index contributed by atoms with van der Waals surface area (Å²) in [5, 5.41) is 9.37. The summed E-state index contributed by atoms with van der Waals surface area (Å²) in [4.78, 5) is 12.4. The molecule has 3 unspecified atom stereocenters. The molecular weight excluding hydrogens is 284 g/mol. The van der Waals surface area contributed by atoms with E-state index in [1.54, 1.807) is 0 Å². The number of hydrogen-bond donors (Lipinski definition) is 2. The maximum absolute atomic E-state index is 12.4. The van der Waals surface area contributed by atoms with Crippen molar-refractivity contribution in [3.8, 4) is 0 Å². The monoisotopic (exact) mass is 300 g/mol. The van der Waals surface area contributed by atoms with Gasteiger partial charge in [-0.3, -0.25) is 4.79 Å². The first-order valence-corrected chi connectivity index (χ1v) is 7.84. The van der Waals surface area contributed by atoms with Crippen molar-refractivity contribution in [1.29, 1.82) is 0 Å². The van der Waals surface area contributed by atoms with Crippen LogP contribution in [-0.2, 0) is 0 Å². The lowest BCUT2D eigenvalue weighted by atomic mass is 9.95. The Hall–Kier alpha value is -1.58. The van der Waals surface area contributed by atoms with Crippen molar-refractivity contribution in [2.24, 2.45) is 0 Å². The number of benzene rings is 2. The number of nitrogens with one attached hydrogen (secondary N) is 2. The van der Waals surface area contributed by atoms with Crippen molar-refractivity contribution in [1.82, 2.24) is 10.6 Å². The fraction of sp³-hybridized carbons (Fsp3) is 0.353. The van der Waals surface area contributed by atoms with Crippen LogP contribution in [0.1, 0.15) is 29.6 Å². The molecule has 1 amide bonds. The topological polar surface area (TPSA) is 41.1 Å². The average molecular weight is 301 g/mol. The predicted molar refractivity (Wildman–Crippen MR) is 84.8 cm³/mol. The highest BCUT2D eigenvalue weighted by Crippen LogP contribution is 2.29. The summed E-state index contributed by atoms with van der Waals surface area (Å²) in [7, 11) is 0. The summed E-state index contributed by atoms with van der Waals surface area (Å²) in [6.45, 7) is 0. The highest BCUT2D eigenvalue weighted by atomic mass is 35.5. The van der Waals surface area contributed by atoms with E-state index in [4.69, 9.17) is 11.6 Å². The van der Waals surface area contributed by atoms with Crippen LogP contribution in [0.4, 0.5) is 0 Å². The third kappa shape index (κ3) is 2.30. The molecule has 2 bridgehead atoms. The van der Waals surface area contributed by atoms with Gasteiger partial charge in [-0.25, -0.2) is 0 Å². The van der Waals surface area contributed by atoms with E-state index in [1.165, 1.54) is 12.8 Å². The molecule has 4 heteroatoms. The van der Waals surface area contributed by atoms with Gasteiger partial charge >= 0.3 is 0 Å². The van der Waals surface area contributed by atoms with Gasteiger partial charge < -0.3 is 10.6 Å². The lowest BCUT2D eigenvalue weighted by Crippen LogP contribution is -2.42. The van der Waals surface area contributed by atoms with E-state index >= 15 is 0 Å². The Bertz CT molecular complexity index is 715. The molecule has 0 radical (unpaired) electrons. The van der Waals surface area contributed by atoms with Crippen LogP contribution in [0.5, 0.6) is 0 Å². The highest BCUT2D eigenvalue weighted by Gasteiger charge is 2.39. The van der Waals surface area contributed by atoms with Crippen LogP contribution in [0, 0.1) is 0 Å². The molecule has 0 aromatic heterocycles. The van der Waals surface area contributed by atoms with E-state index in [9.17, 15) is 4.79 Å². The number of carbonyl (C=O) groups is 1. The van der Waals surface area contributed by atoms with Gasteiger partial charge in [-0.1, -0.05) is 29.8 Å². The quantitative estimate of drug-likeness (QED) is 0.895. The number of fused-ring (bicyclic) bond motifs is 3. The third-order valence-corrected chi connectivity index (χ3v) is 5.04. The molecule has 4 rings (SSSR count). The lowest BCUT2D eigenvalue weighted by Gasteiger charge is -2.21. The molecule has 0 aliphatic carbocycles. The zero-order chi connectivity index (χ0) is 14.4. The van der Waals surface area contributed by atoms with E-state index in [-0.39, 0.29) is 11.9 Å². The SMILES string of the molecule is O=C(NC1CC2CCC1N2)c1ccc2cccc(Cl)c2c1. The molecule has 21 heavy (non-hydrogen) atoms. The molecule has 2 heterocycles. The fourth-order valence-electron chi connectivity index (χ4n) is 3.61. The van der Waals surface area contributed by atoms with Crippen molar-refractivity contribution in [2.75, 3.05) is 0 Å². The first kappa shape index (κ1) is 13.1. The largest absolute Gasteiger partial charge is 0.348 e. The van der Waals surface area contributed by atoms with Crippen molar-refractivity contribution in [3.63, 3.8) is 0 Å². The van der Waals surface area contributed by atoms with Crippen LogP contribution in [0.3, 0.4) is 0 Å². The second-order valence-electron chi connectivity index (χ2n) is 6.04. The van der Waals surface area contributed by atoms with Crippen LogP contribution in [0.15, 0.2) is 36.4 Å². The second-order valence-corrected chi connectivity index (χ2v) is 6.45. The zero-order valence-electron chi connectivity index (χ0n) is 11.6. The van der Waals surface area contributed by atoms with Crippen LogP contribution >= 0.6 is 11.6 Å². The molecule has 108 valence electrons. The lowest BCUT2D eigenvalue weighted by molar-refractivity contribution is 0.0931. The first-order valence-electron chi connectivity index (χ1n) is 7.46. The summed E-state index contributed by atoms with van der Waals surface area (Å²) >= 11 is 6.21. The summed E-state index contributed by atoms with van der Waals surface area (Å²) < 4.78 is 0. The van der Waals surface area contributed by atoms with Crippen LogP contribution in [0.25, 0.3) is 10.8 Å². The molecule has 2 aromatic carbocycles. The molecule has 0 spiro atoms. The summed E-state index contributed by atoms with van der Waals surface area (Å²) in [5.41, 5.74) is 0.679. The minimum absolute atomic E-state index is 0.00355. The molecular formula is C17H17ClN2O. The Balaban J connectivity index is 1.58. The van der Waals surface area contributed by atoms with Crippen molar-refractivity contribution >= 4 is 28.3 Å². The number of hydrogen-bond acceptors (Lipinski definition) is 2. The molecule has 2 N–H and O–H groups in total. The number of carbonyl (C=O) groups excluding carboxylic acids is 1. The van der Waals surface area contributed by atoms with Gasteiger partial charge in [-0.15, -0.1) is 0 Å². The van der Waals surface area contributed by atoms with Gasteiger partial charge in [-0.05, 0) is 42.8 Å². The highest BCUT2D eigenvalue weighted by molar-refractivity contribution is 6.35. The first-order chi connectivity index (χ1) is 10.2. The molecule has 2 aliphatic heterocycles. The Kier molecular flexibility index (Phi) is 3.12. The van der Waals surface area contributed by atoms with E-state index in [0.717, 1.165) is 17.2 Å². The Labute approximate surface area is 128 Å². The average Bonchev–Trinajstić information content (AvgIpc) is 3.10. The van der Waals surface area contributed by atoms with Gasteiger partial charge in [0.2, 0.25) is 0 Å². The fourth-order valence-corrected chi connectivity index (χ4v) is 3.85. The number of halogens is 1. The number of amides is 1.